The van der Waals surface area contributed by atoms with Crippen molar-refractivity contribution in [1.82, 2.24) is 19.5 Å². The van der Waals surface area contributed by atoms with Crippen LogP contribution in [0.25, 0.3) is 11.2 Å². The molecule has 1 aliphatic heterocycles. The molecule has 0 spiro atoms. The van der Waals surface area contributed by atoms with Crippen molar-refractivity contribution in [2.75, 3.05) is 12.3 Å². The molecule has 1 saturated heterocycles. The molecular formula is C10H13BClN5O9P2. The predicted molar refractivity (Wildman–Crippen MR) is 93.1 cm³/mol. The number of nitrogens with two attached hydrogens (primary N) is 1. The summed E-state index contributed by atoms with van der Waals surface area (Å²) in [5.41, 5.74) is 5.99. The van der Waals surface area contributed by atoms with Crippen LogP contribution >= 0.6 is 26.9 Å². The van der Waals surface area contributed by atoms with Gasteiger partial charge in [0.2, 0.25) is 12.8 Å². The van der Waals surface area contributed by atoms with E-state index in [1.165, 1.54) is 10.9 Å². The van der Waals surface area contributed by atoms with Gasteiger partial charge in [0.05, 0.1) is 12.9 Å². The number of nitrogen functional groups attached to an aromatic ring is 1. The lowest BCUT2D eigenvalue weighted by Crippen LogP contribution is -2.33. The lowest BCUT2D eigenvalue weighted by Gasteiger charge is -2.19. The molecule has 28 heavy (non-hydrogen) atoms. The molecule has 14 nitrogen and oxygen atoms in total. The van der Waals surface area contributed by atoms with Crippen molar-refractivity contribution in [3.8, 4) is 0 Å². The van der Waals surface area contributed by atoms with Crippen LogP contribution in [0.15, 0.2) is 6.33 Å². The summed E-state index contributed by atoms with van der Waals surface area (Å²) in [6.45, 7) is -0.715. The third-order valence-corrected chi connectivity index (χ3v) is 6.11. The molecular weight excluding hydrogens is 442 g/mol. The number of halogens is 1. The first-order chi connectivity index (χ1) is 12.9. The fraction of sp³-hybridized carbons (Fsp3) is 0.500. The van der Waals surface area contributed by atoms with E-state index in [0.29, 0.717) is 0 Å². The Bertz CT molecular complexity index is 988. The number of hydrogen-bond acceptors (Lipinski definition) is 11. The van der Waals surface area contributed by atoms with E-state index in [-0.39, 0.29) is 22.3 Å². The summed E-state index contributed by atoms with van der Waals surface area (Å²) in [5, 5.41) is 20.2. The van der Waals surface area contributed by atoms with Gasteiger partial charge in [0, 0.05) is 0 Å². The topological polar surface area (TPSA) is 212 Å². The molecule has 0 aliphatic carbocycles. The van der Waals surface area contributed by atoms with Crippen molar-refractivity contribution in [2.45, 2.75) is 24.5 Å². The Morgan fingerprint density at radius 2 is 2.00 bits per heavy atom. The SMILES string of the molecule is [B]P(=O)(OC[C@H]1O[C@@H](n2cnc3c(N)nc(Cl)nc32)[C@H](O)[C@@H]1O)OP(=O)(O)O. The Morgan fingerprint density at radius 1 is 1.32 bits per heavy atom. The lowest BCUT2D eigenvalue weighted by molar-refractivity contribution is -0.0479. The Kier molecular flexibility index (Phi) is 5.87. The summed E-state index contributed by atoms with van der Waals surface area (Å²) in [7, 11) is -4.78. The Morgan fingerprint density at radius 3 is 2.64 bits per heavy atom. The summed E-state index contributed by atoms with van der Waals surface area (Å²) in [4.78, 5) is 29.0. The average molecular weight is 455 g/mol. The van der Waals surface area contributed by atoms with Gasteiger partial charge in [-0.25, -0.2) is 13.9 Å². The molecule has 5 atom stereocenters. The number of anilines is 1. The largest absolute Gasteiger partial charge is 0.476 e. The smallest absolute Gasteiger partial charge is 0.387 e. The highest BCUT2D eigenvalue weighted by atomic mass is 35.5. The summed E-state index contributed by atoms with van der Waals surface area (Å²) >= 11 is 5.77. The molecule has 2 aromatic heterocycles. The van der Waals surface area contributed by atoms with Gasteiger partial charge < -0.3 is 35.0 Å². The van der Waals surface area contributed by atoms with Gasteiger partial charge in [-0.3, -0.25) is 9.13 Å². The molecule has 3 heterocycles. The zero-order valence-corrected chi connectivity index (χ0v) is 16.2. The van der Waals surface area contributed by atoms with Crippen LogP contribution in [0.5, 0.6) is 0 Å². The monoisotopic (exact) mass is 455 g/mol. The van der Waals surface area contributed by atoms with Crippen molar-refractivity contribution in [3.05, 3.63) is 11.6 Å². The number of rotatable bonds is 6. The van der Waals surface area contributed by atoms with Crippen molar-refractivity contribution in [2.24, 2.45) is 0 Å². The molecule has 1 unspecified atom stereocenters. The van der Waals surface area contributed by atoms with Crippen molar-refractivity contribution >= 4 is 51.4 Å². The minimum atomic E-state index is -5.18. The van der Waals surface area contributed by atoms with Crippen molar-refractivity contribution in [1.29, 1.82) is 0 Å². The van der Waals surface area contributed by atoms with Gasteiger partial charge in [-0.15, -0.1) is 0 Å². The van der Waals surface area contributed by atoms with Gasteiger partial charge >= 0.3 is 7.82 Å². The standard InChI is InChI=1S/C10H13BClN5O9P2/c11-27(20,26-28(21,22)23)24-1-3-5(18)6(19)9(25-3)17-2-14-4-7(13)15-10(12)16-8(4)17/h2-3,5-6,9,18-19H,1H2,(H2,13,15,16)(H2,21,22,23)/t3-,5-,6-,9-,27?/m1/s1. The summed E-state index contributed by atoms with van der Waals surface area (Å²) < 4.78 is 37.6. The second-order valence-electron chi connectivity index (χ2n) is 5.66. The van der Waals surface area contributed by atoms with Crippen LogP contribution in [-0.2, 0) is 22.7 Å². The van der Waals surface area contributed by atoms with E-state index >= 15 is 0 Å². The Hall–Kier alpha value is -1.12. The van der Waals surface area contributed by atoms with Crippen LogP contribution in [0.2, 0.25) is 5.28 Å². The number of aromatic nitrogens is 4. The predicted octanol–water partition coefficient (Wildman–Crippen LogP) is -0.916. The molecule has 0 saturated carbocycles. The molecule has 1 aliphatic rings. The number of phosphoric acid groups is 1. The summed E-state index contributed by atoms with van der Waals surface area (Å²) in [5.74, 6) is -0.0136. The number of aliphatic hydroxyl groups is 2. The molecule has 6 N–H and O–H groups in total. The van der Waals surface area contributed by atoms with E-state index in [2.05, 4.69) is 23.8 Å². The van der Waals surface area contributed by atoms with Gasteiger partial charge in [-0.2, -0.15) is 9.97 Å². The normalized spacial score (nSPS) is 27.9. The lowest BCUT2D eigenvalue weighted by atomic mass is 10.1. The third-order valence-electron chi connectivity index (χ3n) is 3.67. The average Bonchev–Trinajstić information content (AvgIpc) is 3.06. The zero-order valence-electron chi connectivity index (χ0n) is 13.6. The maximum absolute atomic E-state index is 11.7. The summed E-state index contributed by atoms with van der Waals surface area (Å²) in [6, 6.07) is 0. The van der Waals surface area contributed by atoms with Gasteiger partial charge in [0.15, 0.2) is 17.7 Å². The van der Waals surface area contributed by atoms with Crippen LogP contribution in [0.4, 0.5) is 5.82 Å². The minimum Gasteiger partial charge on any atom is -0.387 e. The van der Waals surface area contributed by atoms with Gasteiger partial charge in [0.25, 0.3) is 7.47 Å². The molecule has 3 rings (SSSR count). The second-order valence-corrected chi connectivity index (χ2v) is 8.97. The highest BCUT2D eigenvalue weighted by Gasteiger charge is 2.45. The first kappa shape index (κ1) is 21.6. The van der Waals surface area contributed by atoms with Gasteiger partial charge in [0.1, 0.15) is 23.8 Å². The number of aliphatic hydroxyl groups excluding tert-OH is 2. The fourth-order valence-electron chi connectivity index (χ4n) is 2.54. The molecule has 2 aromatic rings. The summed E-state index contributed by atoms with van der Waals surface area (Å²) in [6.07, 6.45) is -4.35. The van der Waals surface area contributed by atoms with E-state index in [1.807, 2.05) is 0 Å². The van der Waals surface area contributed by atoms with Crippen LogP contribution in [0.1, 0.15) is 6.23 Å². The van der Waals surface area contributed by atoms with E-state index in [9.17, 15) is 19.3 Å². The van der Waals surface area contributed by atoms with Crippen molar-refractivity contribution in [3.63, 3.8) is 0 Å². The molecule has 152 valence electrons. The maximum Gasteiger partial charge on any atom is 0.476 e. The molecule has 1 fully saturated rings. The molecule has 0 bridgehead atoms. The number of nitrogens with zero attached hydrogens (tertiary/aromatic N) is 4. The zero-order chi connectivity index (χ0) is 20.9. The highest BCUT2D eigenvalue weighted by Crippen LogP contribution is 2.57. The first-order valence-corrected chi connectivity index (χ1v) is 10.9. The number of ether oxygens (including phenoxy) is 1. The van der Waals surface area contributed by atoms with E-state index < -0.39 is 46.4 Å². The van der Waals surface area contributed by atoms with Crippen molar-refractivity contribution < 1.29 is 42.7 Å². The minimum absolute atomic E-state index is 0.0136. The maximum atomic E-state index is 11.7. The highest BCUT2D eigenvalue weighted by molar-refractivity contribution is 7.83. The van der Waals surface area contributed by atoms with Gasteiger partial charge in [-0.1, -0.05) is 0 Å². The molecule has 18 heteroatoms. The fourth-order valence-corrected chi connectivity index (χ4v) is 4.44. The number of fused-ring (bicyclic) bond motifs is 1. The van der Waals surface area contributed by atoms with E-state index in [4.69, 9.17) is 39.4 Å². The van der Waals surface area contributed by atoms with Crippen LogP contribution in [0.3, 0.4) is 0 Å². The molecule has 0 amide bonds. The van der Waals surface area contributed by atoms with Crippen LogP contribution in [-0.4, -0.2) is 72.0 Å². The number of hydrogen-bond donors (Lipinski definition) is 5. The third kappa shape index (κ3) is 4.55. The van der Waals surface area contributed by atoms with E-state index in [1.54, 1.807) is 0 Å². The first-order valence-electron chi connectivity index (χ1n) is 7.35. The molecule has 0 aromatic carbocycles. The van der Waals surface area contributed by atoms with Crippen LogP contribution in [0, 0.1) is 0 Å². The Balaban J connectivity index is 1.78. The van der Waals surface area contributed by atoms with Gasteiger partial charge in [-0.05, 0) is 11.6 Å². The molecule has 2 radical (unpaired) electrons. The van der Waals surface area contributed by atoms with E-state index in [0.717, 1.165) is 0 Å². The quantitative estimate of drug-likeness (QED) is 0.203. The Labute approximate surface area is 162 Å². The number of imidazole rings is 1. The van der Waals surface area contributed by atoms with Crippen LogP contribution < -0.4 is 5.73 Å². The second kappa shape index (κ2) is 7.61.